The number of anilines is 2. The van der Waals surface area contributed by atoms with Crippen LogP contribution in [0.3, 0.4) is 0 Å². The fourth-order valence-electron chi connectivity index (χ4n) is 4.27. The Morgan fingerprint density at radius 2 is 1.71 bits per heavy atom. The van der Waals surface area contributed by atoms with Crippen LogP contribution in [0.2, 0.25) is 0 Å². The van der Waals surface area contributed by atoms with Crippen LogP contribution in [0.25, 0.3) is 10.9 Å². The first-order valence-electron chi connectivity index (χ1n) is 10.9. The second kappa shape index (κ2) is 9.92. The van der Waals surface area contributed by atoms with Crippen LogP contribution >= 0.6 is 0 Å². The van der Waals surface area contributed by atoms with E-state index < -0.39 is 23.9 Å². The lowest BCUT2D eigenvalue weighted by Crippen LogP contribution is -2.49. The number of aliphatic carboxylic acids is 2. The number of fused-ring (bicyclic) bond motifs is 1. The van der Waals surface area contributed by atoms with Crippen molar-refractivity contribution in [2.45, 2.75) is 18.9 Å². The van der Waals surface area contributed by atoms with Gasteiger partial charge in [-0.25, -0.2) is 4.39 Å². The number of carbonyl (C=O) groups is 3. The lowest BCUT2D eigenvalue weighted by molar-refractivity contribution is -0.143. The number of rotatable bonds is 8. The van der Waals surface area contributed by atoms with Crippen LogP contribution in [0, 0.1) is 5.82 Å². The molecule has 0 saturated carbocycles. The summed E-state index contributed by atoms with van der Waals surface area (Å²) in [6, 6.07) is 10.5. The van der Waals surface area contributed by atoms with E-state index in [-0.39, 0.29) is 18.7 Å². The van der Waals surface area contributed by atoms with Crippen LogP contribution in [-0.2, 0) is 14.4 Å². The Labute approximate surface area is 194 Å². The van der Waals surface area contributed by atoms with Crippen molar-refractivity contribution in [3.05, 3.63) is 60.0 Å². The van der Waals surface area contributed by atoms with Gasteiger partial charge < -0.3 is 25.4 Å². The highest BCUT2D eigenvalue weighted by atomic mass is 19.1. The predicted octanol–water partition coefficient (Wildman–Crippen LogP) is 3.06. The standard InChI is InChI=1S/C24H25FN4O5/c25-15-1-4-17(5-2-15)28-9-11-29(12-10-28)23(24(33)34)19-14-26-20-6-3-16(13-18(19)20)27-21(30)7-8-22(31)32/h1-6,13-14,23,26H,7-12H2,(H,27,30)(H,31,32)(H,33,34)/t23-/m0/s1. The minimum Gasteiger partial charge on any atom is -0.481 e. The van der Waals surface area contributed by atoms with Crippen LogP contribution in [-0.4, -0.2) is 64.1 Å². The summed E-state index contributed by atoms with van der Waals surface area (Å²) in [5.74, 6) is -2.76. The molecule has 1 saturated heterocycles. The first-order chi connectivity index (χ1) is 16.3. The molecule has 4 rings (SSSR count). The highest BCUT2D eigenvalue weighted by molar-refractivity contribution is 5.96. The summed E-state index contributed by atoms with van der Waals surface area (Å²) in [5.41, 5.74) is 2.67. The number of piperazine rings is 1. The number of aromatic nitrogens is 1. The third-order valence-corrected chi connectivity index (χ3v) is 5.96. The van der Waals surface area contributed by atoms with E-state index in [2.05, 4.69) is 15.2 Å². The van der Waals surface area contributed by atoms with Gasteiger partial charge in [0.05, 0.1) is 6.42 Å². The summed E-state index contributed by atoms with van der Waals surface area (Å²) in [5, 5.41) is 22.2. The molecule has 4 N–H and O–H groups in total. The van der Waals surface area contributed by atoms with E-state index in [4.69, 9.17) is 5.11 Å². The summed E-state index contributed by atoms with van der Waals surface area (Å²) < 4.78 is 13.2. The molecule has 1 amide bonds. The van der Waals surface area contributed by atoms with Crippen LogP contribution in [0.15, 0.2) is 48.7 Å². The number of halogens is 1. The molecule has 2 aromatic carbocycles. The molecular weight excluding hydrogens is 443 g/mol. The van der Waals surface area contributed by atoms with Crippen LogP contribution in [0.4, 0.5) is 15.8 Å². The van der Waals surface area contributed by atoms with Crippen molar-refractivity contribution in [1.29, 1.82) is 0 Å². The van der Waals surface area contributed by atoms with Crippen molar-refractivity contribution in [1.82, 2.24) is 9.88 Å². The average Bonchev–Trinajstić information content (AvgIpc) is 3.21. The molecule has 0 aliphatic carbocycles. The largest absolute Gasteiger partial charge is 0.481 e. The van der Waals surface area contributed by atoms with Gasteiger partial charge >= 0.3 is 11.9 Å². The van der Waals surface area contributed by atoms with Crippen molar-refractivity contribution in [2.75, 3.05) is 36.4 Å². The minimum absolute atomic E-state index is 0.149. The molecule has 9 nitrogen and oxygen atoms in total. The number of hydrogen-bond donors (Lipinski definition) is 4. The molecule has 1 fully saturated rings. The maximum absolute atomic E-state index is 13.2. The van der Waals surface area contributed by atoms with Crippen molar-refractivity contribution in [3.63, 3.8) is 0 Å². The van der Waals surface area contributed by atoms with Crippen LogP contribution in [0.1, 0.15) is 24.4 Å². The Hall–Kier alpha value is -3.92. The Kier molecular flexibility index (Phi) is 6.78. The number of hydrogen-bond acceptors (Lipinski definition) is 5. The van der Waals surface area contributed by atoms with Crippen LogP contribution in [0.5, 0.6) is 0 Å². The highest BCUT2D eigenvalue weighted by Gasteiger charge is 2.32. The fourth-order valence-corrected chi connectivity index (χ4v) is 4.27. The predicted molar refractivity (Wildman–Crippen MR) is 124 cm³/mol. The highest BCUT2D eigenvalue weighted by Crippen LogP contribution is 2.32. The van der Waals surface area contributed by atoms with Gasteiger partial charge in [0.1, 0.15) is 11.9 Å². The van der Waals surface area contributed by atoms with Gasteiger partial charge in [-0.3, -0.25) is 19.3 Å². The van der Waals surface area contributed by atoms with Gasteiger partial charge in [0.15, 0.2) is 0 Å². The molecule has 34 heavy (non-hydrogen) atoms. The van der Waals surface area contributed by atoms with Crippen molar-refractivity contribution >= 4 is 40.1 Å². The normalized spacial score (nSPS) is 15.3. The lowest BCUT2D eigenvalue weighted by atomic mass is 10.0. The molecule has 10 heteroatoms. The van der Waals surface area contributed by atoms with E-state index >= 15 is 0 Å². The number of aromatic amines is 1. The summed E-state index contributed by atoms with van der Waals surface area (Å²) >= 11 is 0. The van der Waals surface area contributed by atoms with Gasteiger partial charge in [-0.1, -0.05) is 0 Å². The monoisotopic (exact) mass is 468 g/mol. The van der Waals surface area contributed by atoms with E-state index in [9.17, 15) is 23.9 Å². The zero-order valence-electron chi connectivity index (χ0n) is 18.3. The molecule has 1 aliphatic rings. The number of benzene rings is 2. The van der Waals surface area contributed by atoms with Gasteiger partial charge in [0, 0.05) is 66.6 Å². The molecule has 178 valence electrons. The van der Waals surface area contributed by atoms with E-state index in [1.807, 2.05) is 4.90 Å². The van der Waals surface area contributed by atoms with E-state index in [1.165, 1.54) is 12.1 Å². The topological polar surface area (TPSA) is 126 Å². The summed E-state index contributed by atoms with van der Waals surface area (Å²) in [7, 11) is 0. The average molecular weight is 468 g/mol. The summed E-state index contributed by atoms with van der Waals surface area (Å²) in [4.78, 5) is 42.1. The SMILES string of the molecule is O=C(O)CCC(=O)Nc1ccc2[nH]cc([C@@H](C(=O)O)N3CCN(c4ccc(F)cc4)CC3)c2c1. The maximum atomic E-state index is 13.2. The number of nitrogens with one attached hydrogen (secondary N) is 2. The zero-order valence-corrected chi connectivity index (χ0v) is 18.3. The van der Waals surface area contributed by atoms with Gasteiger partial charge in [0.2, 0.25) is 5.91 Å². The van der Waals surface area contributed by atoms with Gasteiger partial charge in [-0.2, -0.15) is 0 Å². The molecule has 0 radical (unpaired) electrons. The number of carboxylic acids is 2. The number of carbonyl (C=O) groups excluding carboxylic acids is 1. The summed E-state index contributed by atoms with van der Waals surface area (Å²) in [6.45, 7) is 2.21. The third kappa shape index (κ3) is 5.18. The first-order valence-corrected chi connectivity index (χ1v) is 10.9. The lowest BCUT2D eigenvalue weighted by Gasteiger charge is -2.38. The van der Waals surface area contributed by atoms with E-state index in [0.29, 0.717) is 42.8 Å². The van der Waals surface area contributed by atoms with Gasteiger partial charge in [-0.05, 0) is 42.5 Å². The number of amides is 1. The molecular formula is C24H25FN4O5. The molecule has 1 atom stereocenters. The Balaban J connectivity index is 1.51. The molecule has 0 spiro atoms. The van der Waals surface area contributed by atoms with Gasteiger partial charge in [-0.15, -0.1) is 0 Å². The zero-order chi connectivity index (χ0) is 24.2. The molecule has 1 aliphatic heterocycles. The first kappa shape index (κ1) is 23.2. The van der Waals surface area contributed by atoms with E-state index in [0.717, 1.165) is 11.2 Å². The second-order valence-corrected chi connectivity index (χ2v) is 8.19. The molecule has 2 heterocycles. The Morgan fingerprint density at radius 3 is 2.35 bits per heavy atom. The Bertz CT molecular complexity index is 1200. The smallest absolute Gasteiger partial charge is 0.325 e. The van der Waals surface area contributed by atoms with Crippen LogP contribution < -0.4 is 10.2 Å². The number of H-pyrrole nitrogens is 1. The molecule has 0 unspecified atom stereocenters. The van der Waals surface area contributed by atoms with Crippen molar-refractivity contribution in [3.8, 4) is 0 Å². The molecule has 3 aromatic rings. The van der Waals surface area contributed by atoms with E-state index in [1.54, 1.807) is 36.5 Å². The fraction of sp³-hybridized carbons (Fsp3) is 0.292. The summed E-state index contributed by atoms with van der Waals surface area (Å²) in [6.07, 6.45) is 1.25. The maximum Gasteiger partial charge on any atom is 0.325 e. The van der Waals surface area contributed by atoms with Gasteiger partial charge in [0.25, 0.3) is 0 Å². The number of carboxylic acid groups (broad SMARTS) is 2. The quantitative estimate of drug-likeness (QED) is 0.400. The third-order valence-electron chi connectivity index (χ3n) is 5.96. The Morgan fingerprint density at radius 1 is 1.00 bits per heavy atom. The van der Waals surface area contributed by atoms with Crippen molar-refractivity contribution < 1.29 is 29.0 Å². The molecule has 1 aromatic heterocycles. The number of nitrogens with zero attached hydrogens (tertiary/aromatic N) is 2. The second-order valence-electron chi connectivity index (χ2n) is 8.19. The minimum atomic E-state index is -1.05. The van der Waals surface area contributed by atoms with Crippen molar-refractivity contribution in [2.24, 2.45) is 0 Å². The molecule has 0 bridgehead atoms.